The van der Waals surface area contributed by atoms with Gasteiger partial charge in [0, 0.05) is 19.3 Å². The van der Waals surface area contributed by atoms with Crippen molar-refractivity contribution in [1.82, 2.24) is 15.3 Å². The largest absolute Gasteiger partial charge is 0.396 e. The number of nitrogens with one attached hydrogen (secondary N) is 2. The van der Waals surface area contributed by atoms with E-state index in [2.05, 4.69) is 15.3 Å². The molecule has 0 unspecified atom stereocenters. The van der Waals surface area contributed by atoms with Crippen LogP contribution in [0.5, 0.6) is 0 Å². The Labute approximate surface area is 92.7 Å². The number of H-pyrrole nitrogens is 1. The molecule has 0 bridgehead atoms. The number of carbonyl (C=O) groups excluding carboxylic acids is 1. The minimum absolute atomic E-state index is 0.176. The van der Waals surface area contributed by atoms with Crippen molar-refractivity contribution in [3.8, 4) is 0 Å². The van der Waals surface area contributed by atoms with Gasteiger partial charge in [0.25, 0.3) is 11.5 Å². The van der Waals surface area contributed by atoms with E-state index < -0.39 is 0 Å². The molecule has 1 rings (SSSR count). The maximum atomic E-state index is 11.4. The minimum atomic E-state index is -0.334. The Kier molecular flexibility index (Phi) is 5.21. The van der Waals surface area contributed by atoms with Gasteiger partial charge in [0.1, 0.15) is 5.69 Å². The van der Waals surface area contributed by atoms with E-state index in [9.17, 15) is 9.59 Å². The zero-order chi connectivity index (χ0) is 11.8. The molecule has 1 aromatic heterocycles. The van der Waals surface area contributed by atoms with Crippen molar-refractivity contribution < 1.29 is 9.90 Å². The Balaban J connectivity index is 2.30. The summed E-state index contributed by atoms with van der Waals surface area (Å²) < 4.78 is 0. The first-order chi connectivity index (χ1) is 7.74. The van der Waals surface area contributed by atoms with Crippen LogP contribution in [0.25, 0.3) is 0 Å². The van der Waals surface area contributed by atoms with Gasteiger partial charge >= 0.3 is 0 Å². The molecule has 3 N–H and O–H groups in total. The molecule has 1 aromatic rings. The van der Waals surface area contributed by atoms with Gasteiger partial charge in [0.15, 0.2) is 0 Å². The highest BCUT2D eigenvalue weighted by atomic mass is 16.2. The molecule has 88 valence electrons. The number of amides is 1. The fourth-order valence-corrected chi connectivity index (χ4v) is 1.17. The Morgan fingerprint density at radius 1 is 1.44 bits per heavy atom. The Bertz CT molecular complexity index is 369. The summed E-state index contributed by atoms with van der Waals surface area (Å²) in [6, 6.07) is 0. The second-order valence-corrected chi connectivity index (χ2v) is 3.34. The number of aliphatic hydroxyl groups is 1. The van der Waals surface area contributed by atoms with Crippen molar-refractivity contribution in [2.24, 2.45) is 0 Å². The smallest absolute Gasteiger partial charge is 0.271 e. The lowest BCUT2D eigenvalue weighted by Gasteiger charge is -2.03. The lowest BCUT2D eigenvalue weighted by Crippen LogP contribution is -2.26. The van der Waals surface area contributed by atoms with Gasteiger partial charge in [0.05, 0.1) is 6.20 Å². The SMILES string of the molecule is O=C(NCCCCCO)c1c[nH]c(=O)cn1. The number of carbonyl (C=O) groups is 1. The quantitative estimate of drug-likeness (QED) is 0.577. The highest BCUT2D eigenvalue weighted by molar-refractivity contribution is 5.91. The molecule has 0 aromatic carbocycles. The summed E-state index contributed by atoms with van der Waals surface area (Å²) in [5.41, 5.74) is -0.138. The molecule has 16 heavy (non-hydrogen) atoms. The second-order valence-electron chi connectivity index (χ2n) is 3.34. The van der Waals surface area contributed by atoms with Crippen LogP contribution in [0.1, 0.15) is 29.8 Å². The average molecular weight is 225 g/mol. The van der Waals surface area contributed by atoms with Crippen LogP contribution in [-0.4, -0.2) is 34.1 Å². The van der Waals surface area contributed by atoms with E-state index >= 15 is 0 Å². The Morgan fingerprint density at radius 3 is 2.88 bits per heavy atom. The third kappa shape index (κ3) is 4.22. The van der Waals surface area contributed by atoms with E-state index in [1.165, 1.54) is 6.20 Å². The van der Waals surface area contributed by atoms with Gasteiger partial charge in [0.2, 0.25) is 0 Å². The summed E-state index contributed by atoms with van der Waals surface area (Å²) >= 11 is 0. The maximum Gasteiger partial charge on any atom is 0.271 e. The van der Waals surface area contributed by atoms with E-state index in [1.807, 2.05) is 0 Å². The summed E-state index contributed by atoms with van der Waals surface area (Å²) in [6.07, 6.45) is 4.78. The van der Waals surface area contributed by atoms with Crippen LogP contribution < -0.4 is 10.9 Å². The lowest BCUT2D eigenvalue weighted by atomic mass is 10.2. The molecule has 0 spiro atoms. The fraction of sp³-hybridized carbons (Fsp3) is 0.500. The lowest BCUT2D eigenvalue weighted by molar-refractivity contribution is 0.0947. The molecule has 0 saturated heterocycles. The molecular formula is C10H15N3O3. The first kappa shape index (κ1) is 12.4. The van der Waals surface area contributed by atoms with Gasteiger partial charge in [-0.3, -0.25) is 9.59 Å². The third-order valence-electron chi connectivity index (χ3n) is 2.03. The summed E-state index contributed by atoms with van der Waals surface area (Å²) in [4.78, 5) is 28.2. The summed E-state index contributed by atoms with van der Waals surface area (Å²) in [6.45, 7) is 0.717. The van der Waals surface area contributed by atoms with Gasteiger partial charge in [-0.05, 0) is 19.3 Å². The number of hydrogen-bond acceptors (Lipinski definition) is 4. The van der Waals surface area contributed by atoms with Crippen LogP contribution in [0.3, 0.4) is 0 Å². The highest BCUT2D eigenvalue weighted by Crippen LogP contribution is 1.93. The number of unbranched alkanes of at least 4 members (excludes halogenated alkanes) is 2. The number of nitrogens with zero attached hydrogens (tertiary/aromatic N) is 1. The first-order valence-corrected chi connectivity index (χ1v) is 5.18. The molecule has 0 aliphatic rings. The molecule has 0 fully saturated rings. The van der Waals surface area contributed by atoms with Gasteiger partial charge in [-0.1, -0.05) is 0 Å². The molecule has 6 nitrogen and oxygen atoms in total. The molecule has 0 radical (unpaired) electrons. The van der Waals surface area contributed by atoms with E-state index in [0.29, 0.717) is 6.54 Å². The first-order valence-electron chi connectivity index (χ1n) is 5.18. The van der Waals surface area contributed by atoms with E-state index in [1.54, 1.807) is 0 Å². The number of aromatic nitrogens is 2. The summed E-state index contributed by atoms with van der Waals surface area (Å²) in [5.74, 6) is -0.305. The molecule has 0 atom stereocenters. The number of aliphatic hydroxyl groups excluding tert-OH is 1. The predicted molar refractivity (Wildman–Crippen MR) is 58.1 cm³/mol. The van der Waals surface area contributed by atoms with Crippen LogP contribution in [0.4, 0.5) is 0 Å². The number of aromatic amines is 1. The molecule has 1 heterocycles. The van der Waals surface area contributed by atoms with Crippen LogP contribution >= 0.6 is 0 Å². The Morgan fingerprint density at radius 2 is 2.25 bits per heavy atom. The number of rotatable bonds is 6. The monoisotopic (exact) mass is 225 g/mol. The molecule has 0 saturated carbocycles. The van der Waals surface area contributed by atoms with Crippen LogP contribution in [0.15, 0.2) is 17.2 Å². The molecule has 6 heteroatoms. The normalized spacial score (nSPS) is 10.1. The molecule has 0 aliphatic carbocycles. The minimum Gasteiger partial charge on any atom is -0.396 e. The topological polar surface area (TPSA) is 95.1 Å². The highest BCUT2D eigenvalue weighted by Gasteiger charge is 2.05. The third-order valence-corrected chi connectivity index (χ3v) is 2.03. The van der Waals surface area contributed by atoms with E-state index in [4.69, 9.17) is 5.11 Å². The second kappa shape index (κ2) is 6.73. The molecule has 0 aliphatic heterocycles. The van der Waals surface area contributed by atoms with Crippen molar-refractivity contribution in [2.75, 3.05) is 13.2 Å². The Hall–Kier alpha value is -1.69. The predicted octanol–water partition coefficient (Wildman–Crippen LogP) is -0.338. The van der Waals surface area contributed by atoms with E-state index in [0.717, 1.165) is 25.5 Å². The van der Waals surface area contributed by atoms with Gasteiger partial charge < -0.3 is 15.4 Å². The average Bonchev–Trinajstić information content (AvgIpc) is 2.29. The summed E-state index contributed by atoms with van der Waals surface area (Å²) in [7, 11) is 0. The van der Waals surface area contributed by atoms with Crippen molar-refractivity contribution >= 4 is 5.91 Å². The van der Waals surface area contributed by atoms with Crippen LogP contribution in [0, 0.1) is 0 Å². The zero-order valence-electron chi connectivity index (χ0n) is 8.90. The van der Waals surface area contributed by atoms with Gasteiger partial charge in [-0.25, -0.2) is 4.98 Å². The number of hydrogen-bond donors (Lipinski definition) is 3. The van der Waals surface area contributed by atoms with Crippen molar-refractivity contribution in [2.45, 2.75) is 19.3 Å². The zero-order valence-corrected chi connectivity index (χ0v) is 8.90. The summed E-state index contributed by atoms with van der Waals surface area (Å²) in [5, 5.41) is 11.2. The van der Waals surface area contributed by atoms with Gasteiger partial charge in [-0.2, -0.15) is 0 Å². The standard InChI is InChI=1S/C10H15N3O3/c14-5-3-1-2-4-11-10(16)8-6-13-9(15)7-12-8/h6-7,14H,1-5H2,(H,11,16)(H,13,15). The van der Waals surface area contributed by atoms with Gasteiger partial charge in [-0.15, -0.1) is 0 Å². The molecular weight excluding hydrogens is 210 g/mol. The molecule has 1 amide bonds. The van der Waals surface area contributed by atoms with Crippen molar-refractivity contribution in [3.63, 3.8) is 0 Å². The van der Waals surface area contributed by atoms with Crippen LogP contribution in [-0.2, 0) is 0 Å². The fourth-order valence-electron chi connectivity index (χ4n) is 1.17. The van der Waals surface area contributed by atoms with E-state index in [-0.39, 0.29) is 23.8 Å². The van der Waals surface area contributed by atoms with Crippen molar-refractivity contribution in [3.05, 3.63) is 28.4 Å². The van der Waals surface area contributed by atoms with Crippen molar-refractivity contribution in [1.29, 1.82) is 0 Å². The maximum absolute atomic E-state index is 11.4. The van der Waals surface area contributed by atoms with Crippen LogP contribution in [0.2, 0.25) is 0 Å².